The third-order valence-corrected chi connectivity index (χ3v) is 5.81. The van der Waals surface area contributed by atoms with Crippen LogP contribution < -0.4 is 10.6 Å². The van der Waals surface area contributed by atoms with Crippen molar-refractivity contribution in [1.82, 2.24) is 15.1 Å². The van der Waals surface area contributed by atoms with E-state index in [1.807, 2.05) is 0 Å². The maximum absolute atomic E-state index is 14.0. The Morgan fingerprint density at radius 3 is 2.21 bits per heavy atom. The zero-order valence-corrected chi connectivity index (χ0v) is 19.7. The minimum absolute atomic E-state index is 0.259. The molecule has 2 N–H and O–H groups in total. The Morgan fingerprint density at radius 2 is 1.56 bits per heavy atom. The molecule has 182 valence electrons. The molecule has 0 radical (unpaired) electrons. The predicted molar refractivity (Wildman–Crippen MR) is 126 cm³/mol. The molecule has 2 aromatic rings. The van der Waals surface area contributed by atoms with E-state index in [-0.39, 0.29) is 24.4 Å². The van der Waals surface area contributed by atoms with Gasteiger partial charge in [-0.05, 0) is 42.7 Å². The van der Waals surface area contributed by atoms with Crippen LogP contribution in [0.3, 0.4) is 0 Å². The van der Waals surface area contributed by atoms with Gasteiger partial charge in [-0.3, -0.25) is 9.59 Å². The molecule has 0 saturated carbocycles. The molecule has 2 aromatic carbocycles. The maximum Gasteiger partial charge on any atom is 0.321 e. The average molecular weight is 493 g/mol. The third-order valence-electron chi connectivity index (χ3n) is 5.58. The summed E-state index contributed by atoms with van der Waals surface area (Å²) in [6, 6.07) is 8.67. The van der Waals surface area contributed by atoms with Crippen molar-refractivity contribution in [2.75, 3.05) is 31.5 Å². The molecule has 4 amide bonds. The van der Waals surface area contributed by atoms with Crippen LogP contribution in [0.1, 0.15) is 30.6 Å². The van der Waals surface area contributed by atoms with Gasteiger partial charge < -0.3 is 20.4 Å². The lowest BCUT2D eigenvalue weighted by atomic mass is 10.0. The molecule has 0 spiro atoms. The van der Waals surface area contributed by atoms with Crippen molar-refractivity contribution in [2.45, 2.75) is 26.3 Å². The first kappa shape index (κ1) is 25.4. The molecule has 1 fully saturated rings. The molecule has 1 aliphatic rings. The summed E-state index contributed by atoms with van der Waals surface area (Å²) >= 11 is 5.96. The Labute approximate surface area is 202 Å². The zero-order chi connectivity index (χ0) is 24.8. The van der Waals surface area contributed by atoms with Crippen molar-refractivity contribution in [2.24, 2.45) is 5.92 Å². The number of nitrogens with one attached hydrogen (secondary N) is 2. The van der Waals surface area contributed by atoms with Crippen LogP contribution >= 0.6 is 11.6 Å². The van der Waals surface area contributed by atoms with Gasteiger partial charge in [-0.15, -0.1) is 0 Å². The lowest BCUT2D eigenvalue weighted by molar-refractivity contribution is -0.134. The number of carbonyl (C=O) groups excluding carboxylic acids is 3. The Bertz CT molecular complexity index is 1050. The van der Waals surface area contributed by atoms with Gasteiger partial charge in [0.2, 0.25) is 5.91 Å². The molecule has 0 unspecified atom stereocenters. The minimum Gasteiger partial charge on any atom is -0.340 e. The number of urea groups is 1. The van der Waals surface area contributed by atoms with E-state index in [9.17, 15) is 23.2 Å². The first-order valence-corrected chi connectivity index (χ1v) is 11.4. The van der Waals surface area contributed by atoms with Crippen LogP contribution in [0.4, 0.5) is 19.3 Å². The third kappa shape index (κ3) is 6.22. The van der Waals surface area contributed by atoms with Crippen LogP contribution in [0.25, 0.3) is 0 Å². The van der Waals surface area contributed by atoms with Gasteiger partial charge in [0, 0.05) is 36.9 Å². The lowest BCUT2D eigenvalue weighted by Gasteiger charge is -2.29. The van der Waals surface area contributed by atoms with Crippen LogP contribution in [-0.4, -0.2) is 59.9 Å². The number of carbonyl (C=O) groups is 3. The molecule has 0 aromatic heterocycles. The number of hydrogen-bond donors (Lipinski definition) is 2. The van der Waals surface area contributed by atoms with E-state index in [4.69, 9.17) is 11.6 Å². The van der Waals surface area contributed by atoms with Crippen molar-refractivity contribution >= 4 is 35.1 Å². The summed E-state index contributed by atoms with van der Waals surface area (Å²) < 4.78 is 28.0. The molecule has 1 saturated heterocycles. The van der Waals surface area contributed by atoms with Gasteiger partial charge in [0.1, 0.15) is 23.2 Å². The molecular formula is C24H27ClF2N4O3. The molecule has 1 heterocycles. The fourth-order valence-electron chi connectivity index (χ4n) is 3.75. The first-order chi connectivity index (χ1) is 16.2. The number of hydrogen-bond acceptors (Lipinski definition) is 3. The Kier molecular flexibility index (Phi) is 8.44. The highest BCUT2D eigenvalue weighted by atomic mass is 35.5. The van der Waals surface area contributed by atoms with E-state index in [1.54, 1.807) is 47.9 Å². The van der Waals surface area contributed by atoms with Crippen molar-refractivity contribution in [3.63, 3.8) is 0 Å². The number of halogens is 3. The van der Waals surface area contributed by atoms with E-state index in [0.29, 0.717) is 36.8 Å². The second-order valence-electron chi connectivity index (χ2n) is 8.40. The van der Waals surface area contributed by atoms with Crippen LogP contribution in [-0.2, 0) is 4.79 Å². The van der Waals surface area contributed by atoms with Crippen molar-refractivity contribution < 1.29 is 23.2 Å². The molecule has 7 nitrogen and oxygen atoms in total. The highest BCUT2D eigenvalue weighted by Gasteiger charge is 2.32. The molecule has 1 atom stereocenters. The van der Waals surface area contributed by atoms with Crippen LogP contribution in [0.5, 0.6) is 0 Å². The van der Waals surface area contributed by atoms with Gasteiger partial charge in [-0.1, -0.05) is 37.6 Å². The number of rotatable bonds is 5. The van der Waals surface area contributed by atoms with Crippen molar-refractivity contribution in [3.05, 3.63) is 64.7 Å². The van der Waals surface area contributed by atoms with Gasteiger partial charge in [0.25, 0.3) is 5.91 Å². The number of amides is 4. The topological polar surface area (TPSA) is 81.8 Å². The number of anilines is 1. The molecular weight excluding hydrogens is 466 g/mol. The molecule has 3 rings (SSSR count). The number of nitrogens with zero attached hydrogens (tertiary/aromatic N) is 2. The Balaban J connectivity index is 1.64. The monoisotopic (exact) mass is 492 g/mol. The van der Waals surface area contributed by atoms with E-state index in [0.717, 1.165) is 18.2 Å². The summed E-state index contributed by atoms with van der Waals surface area (Å²) in [5.74, 6) is -3.67. The smallest absolute Gasteiger partial charge is 0.321 e. The van der Waals surface area contributed by atoms with E-state index >= 15 is 0 Å². The van der Waals surface area contributed by atoms with Crippen molar-refractivity contribution in [1.29, 1.82) is 0 Å². The SMILES string of the molecule is CC(C)[C@H](NC(=O)c1c(F)cccc1F)C(=O)N1CCCN(C(=O)Nc2cccc(Cl)c2)CC1. The molecule has 0 aliphatic carbocycles. The van der Waals surface area contributed by atoms with E-state index < -0.39 is 29.1 Å². The number of benzene rings is 2. The molecule has 34 heavy (non-hydrogen) atoms. The molecule has 10 heteroatoms. The summed E-state index contributed by atoms with van der Waals surface area (Å²) in [6.07, 6.45) is 0.537. The fourth-order valence-corrected chi connectivity index (χ4v) is 3.94. The lowest BCUT2D eigenvalue weighted by Crippen LogP contribution is -2.52. The minimum atomic E-state index is -0.997. The molecule has 1 aliphatic heterocycles. The zero-order valence-electron chi connectivity index (χ0n) is 19.0. The maximum atomic E-state index is 14.0. The van der Waals surface area contributed by atoms with Gasteiger partial charge in [-0.2, -0.15) is 0 Å². The van der Waals surface area contributed by atoms with Gasteiger partial charge in [0.15, 0.2) is 0 Å². The standard InChI is InChI=1S/C24H27ClF2N4O3/c1-15(2)21(29-22(32)20-18(26)8-4-9-19(20)27)23(33)30-10-5-11-31(13-12-30)24(34)28-17-7-3-6-16(25)14-17/h3-4,6-9,14-15,21H,5,10-13H2,1-2H3,(H,28,34)(H,29,32)/t21-/m0/s1. The quantitative estimate of drug-likeness (QED) is 0.658. The summed E-state index contributed by atoms with van der Waals surface area (Å²) in [5, 5.41) is 5.78. The Hall–Kier alpha value is -3.20. The van der Waals surface area contributed by atoms with Gasteiger partial charge >= 0.3 is 6.03 Å². The molecule has 0 bridgehead atoms. The van der Waals surface area contributed by atoms with Gasteiger partial charge in [-0.25, -0.2) is 13.6 Å². The Morgan fingerprint density at radius 1 is 0.941 bits per heavy atom. The second kappa shape index (κ2) is 11.3. The average Bonchev–Trinajstić information content (AvgIpc) is 3.03. The highest BCUT2D eigenvalue weighted by molar-refractivity contribution is 6.30. The van der Waals surface area contributed by atoms with Crippen LogP contribution in [0, 0.1) is 17.6 Å². The van der Waals surface area contributed by atoms with Gasteiger partial charge in [0.05, 0.1) is 0 Å². The largest absolute Gasteiger partial charge is 0.340 e. The summed E-state index contributed by atoms with van der Waals surface area (Å²) in [5.41, 5.74) is -0.154. The fraction of sp³-hybridized carbons (Fsp3) is 0.375. The van der Waals surface area contributed by atoms with Crippen molar-refractivity contribution in [3.8, 4) is 0 Å². The predicted octanol–water partition coefficient (Wildman–Crippen LogP) is 4.14. The first-order valence-electron chi connectivity index (χ1n) is 11.0. The summed E-state index contributed by atoms with van der Waals surface area (Å²) in [7, 11) is 0. The van der Waals surface area contributed by atoms with E-state index in [1.165, 1.54) is 0 Å². The highest BCUT2D eigenvalue weighted by Crippen LogP contribution is 2.17. The van der Waals surface area contributed by atoms with Crippen LogP contribution in [0.15, 0.2) is 42.5 Å². The summed E-state index contributed by atoms with van der Waals surface area (Å²) in [6.45, 7) is 4.85. The van der Waals surface area contributed by atoms with E-state index in [2.05, 4.69) is 10.6 Å². The van der Waals surface area contributed by atoms with Crippen LogP contribution in [0.2, 0.25) is 5.02 Å². The normalized spacial score (nSPS) is 15.0. The second-order valence-corrected chi connectivity index (χ2v) is 8.83. The summed E-state index contributed by atoms with van der Waals surface area (Å²) in [4.78, 5) is 41.6.